The van der Waals surface area contributed by atoms with E-state index >= 15 is 0 Å². The first-order chi connectivity index (χ1) is 12.2. The molecule has 1 aliphatic heterocycles. The fourth-order valence-corrected chi connectivity index (χ4v) is 2.91. The minimum absolute atomic E-state index is 0.245. The number of benzene rings is 1. The molecular formula is C19H24N4O2. The number of hydrogen-bond acceptors (Lipinski definition) is 5. The Labute approximate surface area is 148 Å². The maximum absolute atomic E-state index is 12.0. The van der Waals surface area contributed by atoms with Crippen molar-refractivity contribution in [3.63, 3.8) is 0 Å². The predicted molar refractivity (Wildman–Crippen MR) is 97.0 cm³/mol. The zero-order valence-electron chi connectivity index (χ0n) is 14.8. The molecule has 0 radical (unpaired) electrons. The third-order valence-corrected chi connectivity index (χ3v) is 4.19. The van der Waals surface area contributed by atoms with Crippen molar-refractivity contribution >= 4 is 11.7 Å². The molecule has 1 aromatic carbocycles. The Bertz CT molecular complexity index is 713. The molecule has 2 aromatic rings. The number of carbonyl (C=O) groups is 1. The molecule has 1 aromatic heterocycles. The Morgan fingerprint density at radius 1 is 1.12 bits per heavy atom. The number of aryl methyl sites for hydroxylation is 1. The molecule has 0 spiro atoms. The molecule has 0 atom stereocenters. The van der Waals surface area contributed by atoms with Crippen LogP contribution in [0.5, 0.6) is 11.6 Å². The third kappa shape index (κ3) is 4.47. The van der Waals surface area contributed by atoms with E-state index in [4.69, 9.17) is 4.74 Å². The van der Waals surface area contributed by atoms with Crippen molar-refractivity contribution in [2.45, 2.75) is 26.7 Å². The summed E-state index contributed by atoms with van der Waals surface area (Å²) in [5.41, 5.74) is 0. The topological polar surface area (TPSA) is 58.6 Å². The molecule has 1 saturated heterocycles. The molecule has 1 fully saturated rings. The summed E-state index contributed by atoms with van der Waals surface area (Å²) in [5, 5.41) is 0. The minimum Gasteiger partial charge on any atom is -0.439 e. The Balaban J connectivity index is 1.68. The zero-order valence-corrected chi connectivity index (χ0v) is 14.8. The summed E-state index contributed by atoms with van der Waals surface area (Å²) in [6, 6.07) is 11.5. The van der Waals surface area contributed by atoms with E-state index in [1.807, 2.05) is 55.1 Å². The van der Waals surface area contributed by atoms with Gasteiger partial charge in [0.2, 0.25) is 11.8 Å². The van der Waals surface area contributed by atoms with Crippen molar-refractivity contribution in [1.29, 1.82) is 0 Å². The van der Waals surface area contributed by atoms with Gasteiger partial charge in [-0.25, -0.2) is 4.98 Å². The number of piperazine rings is 1. The van der Waals surface area contributed by atoms with Gasteiger partial charge in [-0.05, 0) is 25.5 Å². The highest BCUT2D eigenvalue weighted by molar-refractivity contribution is 5.76. The normalized spacial score (nSPS) is 14.5. The predicted octanol–water partition coefficient (Wildman–Crippen LogP) is 3.03. The van der Waals surface area contributed by atoms with Crippen LogP contribution in [0.3, 0.4) is 0 Å². The maximum Gasteiger partial charge on any atom is 0.224 e. The van der Waals surface area contributed by atoms with Gasteiger partial charge in [0.05, 0.1) is 0 Å². The van der Waals surface area contributed by atoms with Gasteiger partial charge >= 0.3 is 0 Å². The van der Waals surface area contributed by atoms with Gasteiger partial charge in [0.15, 0.2) is 0 Å². The molecule has 132 valence electrons. The largest absolute Gasteiger partial charge is 0.439 e. The summed E-state index contributed by atoms with van der Waals surface area (Å²) >= 11 is 0. The van der Waals surface area contributed by atoms with E-state index in [9.17, 15) is 4.79 Å². The van der Waals surface area contributed by atoms with Gasteiger partial charge in [0, 0.05) is 38.7 Å². The number of para-hydroxylation sites is 1. The second-order valence-corrected chi connectivity index (χ2v) is 6.14. The highest BCUT2D eigenvalue weighted by Crippen LogP contribution is 2.23. The Morgan fingerprint density at radius 2 is 1.84 bits per heavy atom. The second-order valence-electron chi connectivity index (χ2n) is 6.14. The molecule has 6 heteroatoms. The lowest BCUT2D eigenvalue weighted by Gasteiger charge is -2.35. The van der Waals surface area contributed by atoms with Crippen molar-refractivity contribution in [1.82, 2.24) is 14.9 Å². The lowest BCUT2D eigenvalue weighted by Crippen LogP contribution is -2.49. The van der Waals surface area contributed by atoms with Crippen LogP contribution in [-0.4, -0.2) is 47.0 Å². The van der Waals surface area contributed by atoms with Crippen LogP contribution in [-0.2, 0) is 4.79 Å². The van der Waals surface area contributed by atoms with Crippen molar-refractivity contribution in [3.8, 4) is 11.6 Å². The third-order valence-electron chi connectivity index (χ3n) is 4.19. The van der Waals surface area contributed by atoms with Gasteiger partial charge in [-0.1, -0.05) is 25.1 Å². The summed E-state index contributed by atoms with van der Waals surface area (Å²) < 4.78 is 5.84. The average molecular weight is 340 g/mol. The number of rotatable bonds is 5. The summed E-state index contributed by atoms with van der Waals surface area (Å²) in [4.78, 5) is 25.0. The molecule has 1 amide bonds. The van der Waals surface area contributed by atoms with Crippen molar-refractivity contribution < 1.29 is 9.53 Å². The molecule has 6 nitrogen and oxygen atoms in total. The van der Waals surface area contributed by atoms with Gasteiger partial charge in [-0.15, -0.1) is 0 Å². The Hall–Kier alpha value is -2.63. The van der Waals surface area contributed by atoms with Gasteiger partial charge in [-0.2, -0.15) is 4.98 Å². The molecule has 3 rings (SSSR count). The summed E-state index contributed by atoms with van der Waals surface area (Å²) in [6.45, 7) is 6.91. The van der Waals surface area contributed by atoms with E-state index < -0.39 is 0 Å². The lowest BCUT2D eigenvalue weighted by atomic mass is 10.2. The van der Waals surface area contributed by atoms with Crippen LogP contribution in [0.25, 0.3) is 0 Å². The number of carbonyl (C=O) groups excluding carboxylic acids is 1. The van der Waals surface area contributed by atoms with Gasteiger partial charge < -0.3 is 14.5 Å². The first-order valence-corrected chi connectivity index (χ1v) is 8.77. The standard InChI is InChI=1S/C19H24N4O2/c1-3-7-19(24)23-12-10-22(11-13-23)17-14-18(21-15(2)20-17)25-16-8-5-4-6-9-16/h4-6,8-9,14H,3,7,10-13H2,1-2H3. The number of amides is 1. The summed E-state index contributed by atoms with van der Waals surface area (Å²) in [5.74, 6) is 3.06. The van der Waals surface area contributed by atoms with Crippen LogP contribution in [0, 0.1) is 6.92 Å². The van der Waals surface area contributed by atoms with Crippen LogP contribution in [0.2, 0.25) is 0 Å². The Morgan fingerprint density at radius 3 is 2.52 bits per heavy atom. The van der Waals surface area contributed by atoms with Gasteiger partial charge in [0.25, 0.3) is 0 Å². The molecule has 1 aliphatic rings. The maximum atomic E-state index is 12.0. The van der Waals surface area contributed by atoms with Crippen LogP contribution in [0.1, 0.15) is 25.6 Å². The molecule has 2 heterocycles. The molecular weight excluding hydrogens is 316 g/mol. The average Bonchev–Trinajstić information content (AvgIpc) is 2.62. The van der Waals surface area contributed by atoms with Crippen molar-refractivity contribution in [3.05, 3.63) is 42.2 Å². The number of ether oxygens (including phenoxy) is 1. The number of anilines is 1. The molecule has 0 unspecified atom stereocenters. The van der Waals surface area contributed by atoms with E-state index in [-0.39, 0.29) is 5.91 Å². The fraction of sp³-hybridized carbons (Fsp3) is 0.421. The smallest absolute Gasteiger partial charge is 0.224 e. The molecule has 0 N–H and O–H groups in total. The van der Waals surface area contributed by atoms with Gasteiger partial charge in [0.1, 0.15) is 17.4 Å². The summed E-state index contributed by atoms with van der Waals surface area (Å²) in [6.07, 6.45) is 1.52. The van der Waals surface area contributed by atoms with E-state index in [1.165, 1.54) is 0 Å². The quantitative estimate of drug-likeness (QED) is 0.837. The fourth-order valence-electron chi connectivity index (χ4n) is 2.91. The number of nitrogens with zero attached hydrogens (tertiary/aromatic N) is 4. The first kappa shape index (κ1) is 17.2. The van der Waals surface area contributed by atoms with E-state index in [0.29, 0.717) is 18.1 Å². The Kier molecular flexibility index (Phi) is 5.48. The molecule has 0 saturated carbocycles. The van der Waals surface area contributed by atoms with E-state index in [1.54, 1.807) is 0 Å². The first-order valence-electron chi connectivity index (χ1n) is 8.77. The molecule has 25 heavy (non-hydrogen) atoms. The van der Waals surface area contributed by atoms with Crippen LogP contribution < -0.4 is 9.64 Å². The van der Waals surface area contributed by atoms with E-state index in [0.717, 1.165) is 44.2 Å². The SMILES string of the molecule is CCCC(=O)N1CCN(c2cc(Oc3ccccc3)nc(C)n2)CC1. The van der Waals surface area contributed by atoms with E-state index in [2.05, 4.69) is 14.9 Å². The highest BCUT2D eigenvalue weighted by Gasteiger charge is 2.22. The van der Waals surface area contributed by atoms with Crippen LogP contribution >= 0.6 is 0 Å². The highest BCUT2D eigenvalue weighted by atomic mass is 16.5. The van der Waals surface area contributed by atoms with Crippen LogP contribution in [0.15, 0.2) is 36.4 Å². The van der Waals surface area contributed by atoms with Crippen molar-refractivity contribution in [2.24, 2.45) is 0 Å². The number of aromatic nitrogens is 2. The second kappa shape index (κ2) is 7.96. The molecule has 0 aliphatic carbocycles. The lowest BCUT2D eigenvalue weighted by molar-refractivity contribution is -0.131. The van der Waals surface area contributed by atoms with Gasteiger partial charge in [-0.3, -0.25) is 4.79 Å². The number of hydrogen-bond donors (Lipinski definition) is 0. The van der Waals surface area contributed by atoms with Crippen molar-refractivity contribution in [2.75, 3.05) is 31.1 Å². The summed E-state index contributed by atoms with van der Waals surface area (Å²) in [7, 11) is 0. The monoisotopic (exact) mass is 340 g/mol. The minimum atomic E-state index is 0.245. The molecule has 0 bridgehead atoms. The van der Waals surface area contributed by atoms with Crippen LogP contribution in [0.4, 0.5) is 5.82 Å². The zero-order chi connectivity index (χ0) is 17.6.